The maximum Gasteiger partial charge on any atom is 0.225 e. The molecule has 2 aliphatic rings. The molecule has 2 saturated heterocycles. The fourth-order valence-corrected chi connectivity index (χ4v) is 3.06. The van der Waals surface area contributed by atoms with Crippen LogP contribution in [-0.4, -0.2) is 61.0 Å². The zero-order valence-electron chi connectivity index (χ0n) is 12.7. The lowest BCUT2D eigenvalue weighted by Gasteiger charge is -2.36. The van der Waals surface area contributed by atoms with E-state index in [9.17, 15) is 4.79 Å². The molecule has 1 aromatic heterocycles. The number of carbonyl (C=O) groups excluding carboxylic acids is 1. The molecule has 3 rings (SSSR count). The SMILES string of the molecule is CN(C)C(=O)C1CCN(c2nccnc2C2CNC2)CC1. The lowest BCUT2D eigenvalue weighted by molar-refractivity contribution is -0.133. The Labute approximate surface area is 125 Å². The molecule has 114 valence electrons. The molecule has 2 fully saturated rings. The van der Waals surface area contributed by atoms with Crippen molar-refractivity contribution in [2.45, 2.75) is 18.8 Å². The van der Waals surface area contributed by atoms with Crippen LogP contribution < -0.4 is 10.2 Å². The Bertz CT molecular complexity index is 507. The molecule has 6 heteroatoms. The highest BCUT2D eigenvalue weighted by molar-refractivity contribution is 5.78. The van der Waals surface area contributed by atoms with Gasteiger partial charge in [-0.2, -0.15) is 0 Å². The van der Waals surface area contributed by atoms with Gasteiger partial charge in [-0.1, -0.05) is 0 Å². The number of nitrogens with one attached hydrogen (secondary N) is 1. The topological polar surface area (TPSA) is 61.4 Å². The van der Waals surface area contributed by atoms with Crippen molar-refractivity contribution in [1.29, 1.82) is 0 Å². The summed E-state index contributed by atoms with van der Waals surface area (Å²) in [6, 6.07) is 0. The predicted molar refractivity (Wildman–Crippen MR) is 81.3 cm³/mol. The Morgan fingerprint density at radius 2 is 1.90 bits per heavy atom. The summed E-state index contributed by atoms with van der Waals surface area (Å²) in [5.41, 5.74) is 1.11. The number of rotatable bonds is 3. The van der Waals surface area contributed by atoms with Crippen LogP contribution >= 0.6 is 0 Å². The first kappa shape index (κ1) is 14.3. The van der Waals surface area contributed by atoms with Crippen molar-refractivity contribution < 1.29 is 4.79 Å². The average molecular weight is 289 g/mol. The fraction of sp³-hybridized carbons (Fsp3) is 0.667. The van der Waals surface area contributed by atoms with Crippen LogP contribution in [0.15, 0.2) is 12.4 Å². The van der Waals surface area contributed by atoms with Gasteiger partial charge in [0.1, 0.15) is 0 Å². The zero-order valence-corrected chi connectivity index (χ0v) is 12.7. The molecule has 2 aliphatic heterocycles. The number of amides is 1. The molecule has 0 saturated carbocycles. The van der Waals surface area contributed by atoms with Crippen LogP contribution in [0.25, 0.3) is 0 Å². The van der Waals surface area contributed by atoms with E-state index in [-0.39, 0.29) is 11.8 Å². The summed E-state index contributed by atoms with van der Waals surface area (Å²) in [5.74, 6) is 1.90. The van der Waals surface area contributed by atoms with Crippen LogP contribution in [0, 0.1) is 5.92 Å². The van der Waals surface area contributed by atoms with E-state index in [1.807, 2.05) is 14.1 Å². The van der Waals surface area contributed by atoms with Gasteiger partial charge >= 0.3 is 0 Å². The Hall–Kier alpha value is -1.69. The first-order chi connectivity index (χ1) is 10.2. The standard InChI is InChI=1S/C15H23N5O/c1-19(2)15(21)11-3-7-20(8-4-11)14-13(12-9-16-10-12)17-5-6-18-14/h5-6,11-12,16H,3-4,7-10H2,1-2H3. The molecule has 0 aromatic carbocycles. The highest BCUT2D eigenvalue weighted by Crippen LogP contribution is 2.29. The minimum Gasteiger partial charge on any atom is -0.355 e. The molecule has 0 aliphatic carbocycles. The second-order valence-electron chi connectivity index (χ2n) is 6.11. The second-order valence-corrected chi connectivity index (χ2v) is 6.11. The van der Waals surface area contributed by atoms with Gasteiger partial charge < -0.3 is 15.1 Å². The molecule has 1 aromatic rings. The number of anilines is 1. The van der Waals surface area contributed by atoms with Crippen LogP contribution in [-0.2, 0) is 4.79 Å². The first-order valence-electron chi connectivity index (χ1n) is 7.64. The molecule has 1 N–H and O–H groups in total. The Morgan fingerprint density at radius 3 is 2.48 bits per heavy atom. The summed E-state index contributed by atoms with van der Waals surface area (Å²) in [7, 11) is 3.66. The molecular weight excluding hydrogens is 266 g/mol. The van der Waals surface area contributed by atoms with Crippen molar-refractivity contribution in [1.82, 2.24) is 20.2 Å². The summed E-state index contributed by atoms with van der Waals surface area (Å²) < 4.78 is 0. The number of aromatic nitrogens is 2. The maximum atomic E-state index is 12.0. The van der Waals surface area contributed by atoms with Crippen LogP contribution in [0.1, 0.15) is 24.5 Å². The maximum absolute atomic E-state index is 12.0. The third-order valence-corrected chi connectivity index (χ3v) is 4.46. The normalized spacial score (nSPS) is 20.2. The molecule has 0 unspecified atom stereocenters. The van der Waals surface area contributed by atoms with Gasteiger partial charge in [-0.15, -0.1) is 0 Å². The molecule has 0 spiro atoms. The van der Waals surface area contributed by atoms with Crippen molar-refractivity contribution in [3.63, 3.8) is 0 Å². The Morgan fingerprint density at radius 1 is 1.24 bits per heavy atom. The van der Waals surface area contributed by atoms with E-state index in [0.717, 1.165) is 50.5 Å². The van der Waals surface area contributed by atoms with E-state index >= 15 is 0 Å². The smallest absolute Gasteiger partial charge is 0.225 e. The average Bonchev–Trinajstić information content (AvgIpc) is 2.45. The van der Waals surface area contributed by atoms with E-state index in [0.29, 0.717) is 5.92 Å². The van der Waals surface area contributed by atoms with Crippen molar-refractivity contribution in [2.75, 3.05) is 45.2 Å². The molecule has 3 heterocycles. The number of hydrogen-bond acceptors (Lipinski definition) is 5. The van der Waals surface area contributed by atoms with Crippen molar-refractivity contribution in [2.24, 2.45) is 5.92 Å². The van der Waals surface area contributed by atoms with Crippen LogP contribution in [0.5, 0.6) is 0 Å². The van der Waals surface area contributed by atoms with Gasteiger partial charge in [0.05, 0.1) is 5.69 Å². The van der Waals surface area contributed by atoms with E-state index < -0.39 is 0 Å². The van der Waals surface area contributed by atoms with Gasteiger partial charge in [0.2, 0.25) is 5.91 Å². The highest BCUT2D eigenvalue weighted by Gasteiger charge is 2.30. The molecule has 0 radical (unpaired) electrons. The minimum atomic E-state index is 0.154. The highest BCUT2D eigenvalue weighted by atomic mass is 16.2. The minimum absolute atomic E-state index is 0.154. The third-order valence-electron chi connectivity index (χ3n) is 4.46. The summed E-state index contributed by atoms with van der Waals surface area (Å²) in [6.07, 6.45) is 5.34. The number of piperidine rings is 1. The van der Waals surface area contributed by atoms with E-state index in [1.54, 1.807) is 17.3 Å². The lowest BCUT2D eigenvalue weighted by Crippen LogP contribution is -2.44. The van der Waals surface area contributed by atoms with Gasteiger partial charge in [0.25, 0.3) is 0 Å². The summed E-state index contributed by atoms with van der Waals surface area (Å²) in [5, 5.41) is 3.29. The van der Waals surface area contributed by atoms with E-state index in [4.69, 9.17) is 0 Å². The zero-order chi connectivity index (χ0) is 14.8. The first-order valence-corrected chi connectivity index (χ1v) is 7.64. The van der Waals surface area contributed by atoms with Crippen LogP contribution in [0.3, 0.4) is 0 Å². The van der Waals surface area contributed by atoms with Crippen molar-refractivity contribution >= 4 is 11.7 Å². The van der Waals surface area contributed by atoms with Crippen LogP contribution in [0.4, 0.5) is 5.82 Å². The summed E-state index contributed by atoms with van der Waals surface area (Å²) >= 11 is 0. The molecule has 1 amide bonds. The molecule has 0 atom stereocenters. The Balaban J connectivity index is 1.68. The largest absolute Gasteiger partial charge is 0.355 e. The number of nitrogens with zero attached hydrogens (tertiary/aromatic N) is 4. The van der Waals surface area contributed by atoms with Gasteiger partial charge in [-0.25, -0.2) is 4.98 Å². The summed E-state index contributed by atoms with van der Waals surface area (Å²) in [4.78, 5) is 25.1. The number of carbonyl (C=O) groups is 1. The van der Waals surface area contributed by atoms with Gasteiger partial charge in [0.15, 0.2) is 5.82 Å². The van der Waals surface area contributed by atoms with Crippen molar-refractivity contribution in [3.8, 4) is 0 Å². The molecule has 6 nitrogen and oxygen atoms in total. The lowest BCUT2D eigenvalue weighted by atomic mass is 9.94. The van der Waals surface area contributed by atoms with Gasteiger partial charge in [-0.3, -0.25) is 9.78 Å². The van der Waals surface area contributed by atoms with Gasteiger partial charge in [-0.05, 0) is 12.8 Å². The van der Waals surface area contributed by atoms with E-state index in [2.05, 4.69) is 20.2 Å². The number of hydrogen-bond donors (Lipinski definition) is 1. The molecular formula is C15H23N5O. The van der Waals surface area contributed by atoms with E-state index in [1.165, 1.54) is 0 Å². The monoisotopic (exact) mass is 289 g/mol. The van der Waals surface area contributed by atoms with Crippen LogP contribution in [0.2, 0.25) is 0 Å². The molecule has 0 bridgehead atoms. The quantitative estimate of drug-likeness (QED) is 0.876. The fourth-order valence-electron chi connectivity index (χ4n) is 3.06. The molecule has 21 heavy (non-hydrogen) atoms. The third kappa shape index (κ3) is 2.85. The second kappa shape index (κ2) is 5.97. The van der Waals surface area contributed by atoms with Crippen molar-refractivity contribution in [3.05, 3.63) is 18.1 Å². The Kier molecular flexibility index (Phi) is 4.05. The predicted octanol–water partition coefficient (Wildman–Crippen LogP) is 0.468. The van der Waals surface area contributed by atoms with Gasteiger partial charge in [0, 0.05) is 64.5 Å². The summed E-state index contributed by atoms with van der Waals surface area (Å²) in [6.45, 7) is 3.74.